The van der Waals surface area contributed by atoms with Crippen molar-refractivity contribution in [3.8, 4) is 0 Å². The fraction of sp³-hybridized carbons (Fsp3) is 0.500. The lowest BCUT2D eigenvalue weighted by Gasteiger charge is -2.08. The van der Waals surface area contributed by atoms with Gasteiger partial charge in [-0.1, -0.05) is 18.2 Å². The van der Waals surface area contributed by atoms with Gasteiger partial charge < -0.3 is 4.74 Å². The average molecular weight is 122 g/mol. The quantitative estimate of drug-likeness (QED) is 0.473. The summed E-state index contributed by atoms with van der Waals surface area (Å²) in [5.41, 5.74) is 1.48. The van der Waals surface area contributed by atoms with E-state index in [1.54, 1.807) is 0 Å². The fourth-order valence-electron chi connectivity index (χ4n) is 1.38. The van der Waals surface area contributed by atoms with E-state index < -0.39 is 0 Å². The van der Waals surface area contributed by atoms with Crippen molar-refractivity contribution in [1.29, 1.82) is 0 Å². The maximum atomic E-state index is 5.28. The maximum absolute atomic E-state index is 5.28. The zero-order valence-electron chi connectivity index (χ0n) is 5.34. The first-order chi connectivity index (χ1) is 4.47. The first-order valence-corrected chi connectivity index (χ1v) is 3.40. The summed E-state index contributed by atoms with van der Waals surface area (Å²) >= 11 is 0. The number of fused-ring (bicyclic) bond motifs is 1. The molecule has 1 heteroatoms. The van der Waals surface area contributed by atoms with E-state index in [4.69, 9.17) is 4.74 Å². The molecule has 1 atom stereocenters. The topological polar surface area (TPSA) is 9.23 Å². The molecule has 0 aromatic rings. The van der Waals surface area contributed by atoms with Gasteiger partial charge in [-0.25, -0.2) is 0 Å². The normalized spacial score (nSPS) is 32.0. The Bertz CT molecular complexity index is 167. The fourth-order valence-corrected chi connectivity index (χ4v) is 1.38. The number of ether oxygens (including phenoxy) is 1. The smallest absolute Gasteiger partial charge is 0.0683 e. The van der Waals surface area contributed by atoms with Gasteiger partial charge in [0.1, 0.15) is 0 Å². The Morgan fingerprint density at radius 1 is 1.56 bits per heavy atom. The minimum Gasteiger partial charge on any atom is -0.376 e. The van der Waals surface area contributed by atoms with E-state index in [1.807, 2.05) is 0 Å². The molecule has 1 aliphatic heterocycles. The molecule has 2 aliphatic rings. The lowest BCUT2D eigenvalue weighted by Crippen LogP contribution is -2.02. The lowest BCUT2D eigenvalue weighted by molar-refractivity contribution is 0.189. The summed E-state index contributed by atoms with van der Waals surface area (Å²) in [4.78, 5) is 0. The van der Waals surface area contributed by atoms with Gasteiger partial charge in [-0.15, -0.1) is 0 Å². The van der Waals surface area contributed by atoms with Crippen LogP contribution < -0.4 is 0 Å². The number of allylic oxidation sites excluding steroid dienone is 3. The molecule has 0 saturated carbocycles. The summed E-state index contributed by atoms with van der Waals surface area (Å²) in [6.07, 6.45) is 7.70. The molecule has 0 bridgehead atoms. The van der Waals surface area contributed by atoms with Crippen LogP contribution in [0.3, 0.4) is 0 Å². The number of rotatable bonds is 0. The van der Waals surface area contributed by atoms with Gasteiger partial charge in [0.25, 0.3) is 0 Å². The van der Waals surface area contributed by atoms with Gasteiger partial charge >= 0.3 is 0 Å². The maximum Gasteiger partial charge on any atom is 0.0683 e. The average Bonchev–Trinajstić information content (AvgIpc) is 2.33. The molecule has 0 unspecified atom stereocenters. The van der Waals surface area contributed by atoms with Crippen LogP contribution in [0.5, 0.6) is 0 Å². The molecule has 9 heavy (non-hydrogen) atoms. The van der Waals surface area contributed by atoms with Gasteiger partial charge in [0.2, 0.25) is 0 Å². The first kappa shape index (κ1) is 5.24. The molecule has 1 nitrogen and oxygen atoms in total. The van der Waals surface area contributed by atoms with Crippen LogP contribution in [0.15, 0.2) is 23.8 Å². The Morgan fingerprint density at radius 2 is 2.56 bits per heavy atom. The Labute approximate surface area is 55.0 Å². The highest BCUT2D eigenvalue weighted by Gasteiger charge is 2.20. The van der Waals surface area contributed by atoms with E-state index >= 15 is 0 Å². The summed E-state index contributed by atoms with van der Waals surface area (Å²) < 4.78 is 5.28. The van der Waals surface area contributed by atoms with Gasteiger partial charge in [-0.2, -0.15) is 0 Å². The predicted molar refractivity (Wildman–Crippen MR) is 36.1 cm³/mol. The van der Waals surface area contributed by atoms with Crippen molar-refractivity contribution in [2.75, 3.05) is 13.2 Å². The zero-order chi connectivity index (χ0) is 6.10. The molecular formula is C8H10O. The minimum absolute atomic E-state index is 0.718. The predicted octanol–water partition coefficient (Wildman–Crippen LogP) is 1.52. The van der Waals surface area contributed by atoms with Crippen LogP contribution >= 0.6 is 0 Å². The summed E-state index contributed by atoms with van der Waals surface area (Å²) in [5.74, 6) is 0.718. The van der Waals surface area contributed by atoms with Crippen LogP contribution in [0, 0.1) is 5.92 Å². The van der Waals surface area contributed by atoms with E-state index in [0.29, 0.717) is 0 Å². The van der Waals surface area contributed by atoms with Crippen molar-refractivity contribution in [1.82, 2.24) is 0 Å². The van der Waals surface area contributed by atoms with Gasteiger partial charge in [-0.3, -0.25) is 0 Å². The van der Waals surface area contributed by atoms with Gasteiger partial charge in [-0.05, 0) is 12.0 Å². The van der Waals surface area contributed by atoms with Crippen LogP contribution in [0.1, 0.15) is 6.42 Å². The Morgan fingerprint density at radius 3 is 3.44 bits per heavy atom. The Kier molecular flexibility index (Phi) is 1.16. The third kappa shape index (κ3) is 0.815. The van der Waals surface area contributed by atoms with Crippen LogP contribution in [-0.4, -0.2) is 13.2 Å². The zero-order valence-corrected chi connectivity index (χ0v) is 5.34. The second-order valence-electron chi connectivity index (χ2n) is 2.62. The van der Waals surface area contributed by atoms with Crippen LogP contribution in [0.2, 0.25) is 0 Å². The summed E-state index contributed by atoms with van der Waals surface area (Å²) in [6.45, 7) is 1.81. The molecule has 2 rings (SSSR count). The molecule has 0 spiro atoms. The largest absolute Gasteiger partial charge is 0.376 e. The molecule has 1 fully saturated rings. The van der Waals surface area contributed by atoms with Crippen LogP contribution in [0.25, 0.3) is 0 Å². The van der Waals surface area contributed by atoms with Gasteiger partial charge in [0.15, 0.2) is 0 Å². The lowest BCUT2D eigenvalue weighted by atomic mass is 9.95. The van der Waals surface area contributed by atoms with Crippen LogP contribution in [0.4, 0.5) is 0 Å². The molecule has 1 saturated heterocycles. The van der Waals surface area contributed by atoms with E-state index in [2.05, 4.69) is 18.2 Å². The van der Waals surface area contributed by atoms with Crippen LogP contribution in [-0.2, 0) is 4.74 Å². The molecule has 1 aliphatic carbocycles. The van der Waals surface area contributed by atoms with Gasteiger partial charge in [0.05, 0.1) is 13.2 Å². The molecule has 0 radical (unpaired) electrons. The molecule has 0 N–H and O–H groups in total. The molecule has 1 heterocycles. The van der Waals surface area contributed by atoms with Crippen molar-refractivity contribution in [2.45, 2.75) is 6.42 Å². The highest BCUT2D eigenvalue weighted by molar-refractivity contribution is 5.23. The Balaban J connectivity index is 2.23. The second kappa shape index (κ2) is 1.99. The molecule has 0 aromatic heterocycles. The molecule has 0 aromatic carbocycles. The molecule has 48 valence electrons. The van der Waals surface area contributed by atoms with E-state index in [-0.39, 0.29) is 0 Å². The second-order valence-corrected chi connectivity index (χ2v) is 2.62. The van der Waals surface area contributed by atoms with Crippen molar-refractivity contribution >= 4 is 0 Å². The monoisotopic (exact) mass is 122 g/mol. The summed E-state index contributed by atoms with van der Waals surface area (Å²) in [5, 5.41) is 0. The standard InChI is InChI=1S/C8H10O/c1-2-4-8-6-9-5-7(8)3-1/h1-3,8H,4-6H2/t8-/m0/s1. The van der Waals surface area contributed by atoms with E-state index in [0.717, 1.165) is 19.1 Å². The molecule has 0 amide bonds. The first-order valence-electron chi connectivity index (χ1n) is 3.40. The van der Waals surface area contributed by atoms with E-state index in [9.17, 15) is 0 Å². The van der Waals surface area contributed by atoms with Crippen molar-refractivity contribution in [3.63, 3.8) is 0 Å². The Hall–Kier alpha value is -0.560. The number of hydrogen-bond donors (Lipinski definition) is 0. The number of hydrogen-bond acceptors (Lipinski definition) is 1. The summed E-state index contributed by atoms with van der Waals surface area (Å²) in [6, 6.07) is 0. The van der Waals surface area contributed by atoms with Crippen molar-refractivity contribution in [3.05, 3.63) is 23.8 Å². The van der Waals surface area contributed by atoms with Crippen molar-refractivity contribution < 1.29 is 4.74 Å². The highest BCUT2D eigenvalue weighted by atomic mass is 16.5. The summed E-state index contributed by atoms with van der Waals surface area (Å²) in [7, 11) is 0. The van der Waals surface area contributed by atoms with Crippen molar-refractivity contribution in [2.24, 2.45) is 5.92 Å². The van der Waals surface area contributed by atoms with Gasteiger partial charge in [0, 0.05) is 5.92 Å². The SMILES string of the molecule is C1=CC[C@H]2COCC2=C1. The third-order valence-electron chi connectivity index (χ3n) is 1.98. The highest BCUT2D eigenvalue weighted by Crippen LogP contribution is 2.25. The third-order valence-corrected chi connectivity index (χ3v) is 1.98. The molecular weight excluding hydrogens is 112 g/mol. The minimum atomic E-state index is 0.718. The van der Waals surface area contributed by atoms with E-state index in [1.165, 1.54) is 12.0 Å².